The van der Waals surface area contributed by atoms with Gasteiger partial charge in [0.1, 0.15) is 0 Å². The number of carboxylic acid groups (broad SMARTS) is 1. The van der Waals surface area contributed by atoms with Gasteiger partial charge in [0.05, 0.1) is 4.90 Å². The molecule has 1 amide bonds. The van der Waals surface area contributed by atoms with Gasteiger partial charge in [-0.25, -0.2) is 18.4 Å². The number of carboxylic acids is 1. The van der Waals surface area contributed by atoms with Crippen molar-refractivity contribution in [1.82, 2.24) is 0 Å². The smallest absolute Gasteiger partial charge is 0.328 e. The molecule has 0 radical (unpaired) electrons. The molecule has 0 aliphatic heterocycles. The van der Waals surface area contributed by atoms with Crippen LogP contribution in [0.5, 0.6) is 0 Å². The first-order valence-corrected chi connectivity index (χ1v) is 6.18. The van der Waals surface area contributed by atoms with E-state index in [1.807, 2.05) is 0 Å². The van der Waals surface area contributed by atoms with Gasteiger partial charge in [-0.05, 0) is 18.2 Å². The Kier molecular flexibility index (Phi) is 4.18. The Morgan fingerprint density at radius 1 is 1.28 bits per heavy atom. The molecule has 1 aromatic carbocycles. The molecule has 18 heavy (non-hydrogen) atoms. The van der Waals surface area contributed by atoms with Gasteiger partial charge in [0.2, 0.25) is 15.9 Å². The number of rotatable bonds is 4. The molecular formula is C10H10N2O5S. The zero-order valence-electron chi connectivity index (χ0n) is 9.03. The fourth-order valence-electron chi connectivity index (χ4n) is 1.08. The second-order valence-corrected chi connectivity index (χ2v) is 4.80. The van der Waals surface area contributed by atoms with Crippen molar-refractivity contribution in [3.63, 3.8) is 0 Å². The number of primary sulfonamides is 1. The fourth-order valence-corrected chi connectivity index (χ4v) is 1.64. The third-order valence-electron chi connectivity index (χ3n) is 1.81. The summed E-state index contributed by atoms with van der Waals surface area (Å²) < 4.78 is 22.1. The Bertz CT molecular complexity index is 606. The summed E-state index contributed by atoms with van der Waals surface area (Å²) in [5, 5.41) is 15.5. The van der Waals surface area contributed by atoms with E-state index in [-0.39, 0.29) is 10.6 Å². The number of hydrogen-bond acceptors (Lipinski definition) is 4. The van der Waals surface area contributed by atoms with Crippen LogP contribution in [-0.2, 0) is 19.6 Å². The number of carbonyl (C=O) groups is 2. The molecule has 0 fully saturated rings. The SMILES string of the molecule is NS(=O)(=O)c1cccc(NC(=O)/C=C/C(=O)O)c1. The summed E-state index contributed by atoms with van der Waals surface area (Å²) >= 11 is 0. The zero-order chi connectivity index (χ0) is 13.8. The van der Waals surface area contributed by atoms with Gasteiger partial charge in [0, 0.05) is 17.8 Å². The van der Waals surface area contributed by atoms with E-state index in [2.05, 4.69) is 5.32 Å². The first-order chi connectivity index (χ1) is 8.29. The molecule has 0 bridgehead atoms. The quantitative estimate of drug-likeness (QED) is 0.659. The summed E-state index contributed by atoms with van der Waals surface area (Å²) in [6.07, 6.45) is 1.48. The lowest BCUT2D eigenvalue weighted by Crippen LogP contribution is -2.13. The molecule has 0 unspecified atom stereocenters. The van der Waals surface area contributed by atoms with E-state index in [1.54, 1.807) is 0 Å². The lowest BCUT2D eigenvalue weighted by Gasteiger charge is -2.04. The average Bonchev–Trinajstić information content (AvgIpc) is 2.25. The largest absolute Gasteiger partial charge is 0.478 e. The summed E-state index contributed by atoms with van der Waals surface area (Å²) in [5.41, 5.74) is 0.196. The molecule has 1 rings (SSSR count). The number of aliphatic carboxylic acids is 1. The van der Waals surface area contributed by atoms with Crippen molar-refractivity contribution in [3.8, 4) is 0 Å². The number of carbonyl (C=O) groups excluding carboxylic acids is 1. The van der Waals surface area contributed by atoms with Crippen molar-refractivity contribution < 1.29 is 23.1 Å². The molecule has 1 aromatic rings. The molecule has 7 nitrogen and oxygen atoms in total. The number of anilines is 1. The van der Waals surface area contributed by atoms with Crippen LogP contribution in [0.2, 0.25) is 0 Å². The number of nitrogens with one attached hydrogen (secondary N) is 1. The lowest BCUT2D eigenvalue weighted by molar-refractivity contribution is -0.131. The number of benzene rings is 1. The molecule has 0 aliphatic carbocycles. The molecule has 0 heterocycles. The van der Waals surface area contributed by atoms with E-state index < -0.39 is 21.9 Å². The van der Waals surface area contributed by atoms with E-state index in [1.165, 1.54) is 24.3 Å². The van der Waals surface area contributed by atoms with Crippen molar-refractivity contribution in [3.05, 3.63) is 36.4 Å². The average molecular weight is 270 g/mol. The highest BCUT2D eigenvalue weighted by Gasteiger charge is 2.08. The minimum Gasteiger partial charge on any atom is -0.478 e. The van der Waals surface area contributed by atoms with Crippen LogP contribution in [0.3, 0.4) is 0 Å². The molecule has 0 aliphatic rings. The van der Waals surface area contributed by atoms with Gasteiger partial charge in [-0.3, -0.25) is 4.79 Å². The first kappa shape index (κ1) is 13.9. The highest BCUT2D eigenvalue weighted by atomic mass is 32.2. The molecule has 4 N–H and O–H groups in total. The molecular weight excluding hydrogens is 260 g/mol. The topological polar surface area (TPSA) is 127 Å². The van der Waals surface area contributed by atoms with Crippen LogP contribution in [0.1, 0.15) is 0 Å². The standard InChI is InChI=1S/C10H10N2O5S/c11-18(16,17)8-3-1-2-7(6-8)12-9(13)4-5-10(14)15/h1-6H,(H,12,13)(H,14,15)(H2,11,16,17)/b5-4+. The van der Waals surface area contributed by atoms with Gasteiger partial charge in [-0.1, -0.05) is 6.07 Å². The summed E-state index contributed by atoms with van der Waals surface area (Å²) in [6.45, 7) is 0. The molecule has 0 spiro atoms. The minimum absolute atomic E-state index is 0.150. The lowest BCUT2D eigenvalue weighted by atomic mass is 10.3. The van der Waals surface area contributed by atoms with Gasteiger partial charge < -0.3 is 10.4 Å². The van der Waals surface area contributed by atoms with Gasteiger partial charge >= 0.3 is 5.97 Å². The predicted molar refractivity (Wildman–Crippen MR) is 63.2 cm³/mol. The third kappa shape index (κ3) is 4.36. The molecule has 0 saturated carbocycles. The van der Waals surface area contributed by atoms with Gasteiger partial charge in [-0.2, -0.15) is 0 Å². The van der Waals surface area contributed by atoms with Crippen molar-refractivity contribution >= 4 is 27.6 Å². The number of hydrogen-bond donors (Lipinski definition) is 3. The highest BCUT2D eigenvalue weighted by Crippen LogP contribution is 2.13. The normalized spacial score (nSPS) is 11.4. The predicted octanol–water partition coefficient (Wildman–Crippen LogP) is -0.0867. The van der Waals surface area contributed by atoms with E-state index in [0.29, 0.717) is 6.08 Å². The monoisotopic (exact) mass is 270 g/mol. The number of amides is 1. The molecule has 0 atom stereocenters. The maximum atomic E-state index is 11.2. The van der Waals surface area contributed by atoms with Crippen molar-refractivity contribution in [2.45, 2.75) is 4.90 Å². The Hall–Kier alpha value is -2.19. The summed E-state index contributed by atoms with van der Waals surface area (Å²) in [5.74, 6) is -1.95. The van der Waals surface area contributed by atoms with E-state index in [9.17, 15) is 18.0 Å². The van der Waals surface area contributed by atoms with Gasteiger partial charge in [-0.15, -0.1) is 0 Å². The highest BCUT2D eigenvalue weighted by molar-refractivity contribution is 7.89. The van der Waals surface area contributed by atoms with Crippen molar-refractivity contribution in [2.24, 2.45) is 5.14 Å². The number of sulfonamides is 1. The fraction of sp³-hybridized carbons (Fsp3) is 0. The Morgan fingerprint density at radius 2 is 1.94 bits per heavy atom. The Morgan fingerprint density at radius 3 is 2.50 bits per heavy atom. The molecule has 0 saturated heterocycles. The molecule has 96 valence electrons. The van der Waals surface area contributed by atoms with E-state index in [0.717, 1.165) is 6.08 Å². The van der Waals surface area contributed by atoms with Crippen LogP contribution in [0.4, 0.5) is 5.69 Å². The van der Waals surface area contributed by atoms with Crippen LogP contribution in [0, 0.1) is 0 Å². The minimum atomic E-state index is -3.85. The van der Waals surface area contributed by atoms with Crippen LogP contribution in [-0.4, -0.2) is 25.4 Å². The summed E-state index contributed by atoms with van der Waals surface area (Å²) in [4.78, 5) is 21.3. The van der Waals surface area contributed by atoms with Crippen molar-refractivity contribution in [1.29, 1.82) is 0 Å². The number of nitrogens with two attached hydrogens (primary N) is 1. The third-order valence-corrected chi connectivity index (χ3v) is 2.72. The second kappa shape index (κ2) is 5.43. The van der Waals surface area contributed by atoms with Crippen LogP contribution < -0.4 is 10.5 Å². The first-order valence-electron chi connectivity index (χ1n) is 4.64. The van der Waals surface area contributed by atoms with Gasteiger partial charge in [0.15, 0.2) is 0 Å². The Balaban J connectivity index is 2.87. The summed E-state index contributed by atoms with van der Waals surface area (Å²) in [7, 11) is -3.85. The maximum Gasteiger partial charge on any atom is 0.328 e. The molecule has 8 heteroatoms. The van der Waals surface area contributed by atoms with E-state index >= 15 is 0 Å². The molecule has 0 aromatic heterocycles. The summed E-state index contributed by atoms with van der Waals surface area (Å²) in [6, 6.07) is 5.29. The van der Waals surface area contributed by atoms with Crippen LogP contribution in [0.25, 0.3) is 0 Å². The van der Waals surface area contributed by atoms with Crippen LogP contribution in [0.15, 0.2) is 41.3 Å². The Labute approximate surface area is 103 Å². The maximum absolute atomic E-state index is 11.2. The van der Waals surface area contributed by atoms with Crippen LogP contribution >= 0.6 is 0 Å². The second-order valence-electron chi connectivity index (χ2n) is 3.23. The van der Waals surface area contributed by atoms with Gasteiger partial charge in [0.25, 0.3) is 0 Å². The van der Waals surface area contributed by atoms with Crippen molar-refractivity contribution in [2.75, 3.05) is 5.32 Å². The van der Waals surface area contributed by atoms with E-state index in [4.69, 9.17) is 10.2 Å². The zero-order valence-corrected chi connectivity index (χ0v) is 9.85.